The van der Waals surface area contributed by atoms with Crippen molar-refractivity contribution in [1.82, 2.24) is 39.3 Å². The molecule has 5 aromatic rings. The first kappa shape index (κ1) is 24.9. The van der Waals surface area contributed by atoms with E-state index in [1.54, 1.807) is 21.4 Å². The Labute approximate surface area is 220 Å². The predicted molar refractivity (Wildman–Crippen MR) is 144 cm³/mol. The zero-order chi connectivity index (χ0) is 26.5. The van der Waals surface area contributed by atoms with Crippen LogP contribution in [0.5, 0.6) is 0 Å². The number of imidazole rings is 1. The van der Waals surface area contributed by atoms with E-state index in [2.05, 4.69) is 40.5 Å². The molecule has 0 atom stereocenters. The van der Waals surface area contributed by atoms with E-state index < -0.39 is 0 Å². The van der Waals surface area contributed by atoms with E-state index in [1.165, 1.54) is 0 Å². The van der Waals surface area contributed by atoms with Gasteiger partial charge >= 0.3 is 5.69 Å². The Morgan fingerprint density at radius 1 is 1.05 bits per heavy atom. The normalized spacial score (nSPS) is 11.1. The maximum absolute atomic E-state index is 13.7. The summed E-state index contributed by atoms with van der Waals surface area (Å²) in [6, 6.07) is 15.8. The molecule has 1 N–H and O–H groups in total. The molecule has 0 radical (unpaired) electrons. The van der Waals surface area contributed by atoms with E-state index in [4.69, 9.17) is 4.98 Å². The average Bonchev–Trinajstić information content (AvgIpc) is 3.69. The molecule has 0 aliphatic carbocycles. The molecule has 38 heavy (non-hydrogen) atoms. The first-order valence-corrected chi connectivity index (χ1v) is 12.8. The summed E-state index contributed by atoms with van der Waals surface area (Å²) in [4.78, 5) is 18.4. The van der Waals surface area contributed by atoms with Crippen molar-refractivity contribution in [2.75, 3.05) is 0 Å². The standard InChI is InChI=1S/C28H29N9O/c1-3-5-8-22-19-37(27-21(16-29)13-15-35(27)14-4-2)28(38)36(22)18-20-11-12-25(30-17-20)23-9-6-7-10-24(23)26-31-33-34-32-26/h6-7,9-13,15,17,19H,3-5,8,14,18H2,1-2H3,(H,31,32,33,34). The summed E-state index contributed by atoms with van der Waals surface area (Å²) in [5.41, 5.74) is 4.74. The van der Waals surface area contributed by atoms with Crippen molar-refractivity contribution in [1.29, 1.82) is 5.26 Å². The Bertz CT molecular complexity index is 1620. The van der Waals surface area contributed by atoms with Gasteiger partial charge in [0.25, 0.3) is 0 Å². The first-order chi connectivity index (χ1) is 18.6. The second-order valence-electron chi connectivity index (χ2n) is 9.17. The lowest BCUT2D eigenvalue weighted by atomic mass is 10.0. The van der Waals surface area contributed by atoms with Crippen LogP contribution in [0.1, 0.15) is 49.9 Å². The van der Waals surface area contributed by atoms with Crippen LogP contribution in [0, 0.1) is 11.3 Å². The van der Waals surface area contributed by atoms with E-state index in [-0.39, 0.29) is 5.69 Å². The van der Waals surface area contributed by atoms with Crippen molar-refractivity contribution in [2.24, 2.45) is 0 Å². The number of aromatic amines is 1. The number of hydrogen-bond donors (Lipinski definition) is 1. The number of aromatic nitrogens is 8. The molecule has 4 heterocycles. The van der Waals surface area contributed by atoms with Crippen molar-refractivity contribution in [2.45, 2.75) is 52.6 Å². The van der Waals surface area contributed by atoms with Gasteiger partial charge in [0.05, 0.1) is 17.8 Å². The smallest absolute Gasteiger partial charge is 0.333 e. The Hall–Kier alpha value is -4.78. The van der Waals surface area contributed by atoms with Crippen LogP contribution in [0.15, 0.2) is 65.8 Å². The highest BCUT2D eigenvalue weighted by atomic mass is 16.1. The van der Waals surface area contributed by atoms with E-state index in [9.17, 15) is 10.1 Å². The molecule has 10 heteroatoms. The molecule has 0 unspecified atom stereocenters. The highest BCUT2D eigenvalue weighted by Gasteiger charge is 2.19. The number of aryl methyl sites for hydroxylation is 2. The first-order valence-electron chi connectivity index (χ1n) is 12.8. The molecule has 10 nitrogen and oxygen atoms in total. The Balaban J connectivity index is 1.50. The molecule has 0 amide bonds. The lowest BCUT2D eigenvalue weighted by Gasteiger charge is -2.10. The molecular weight excluding hydrogens is 478 g/mol. The molecule has 4 aromatic heterocycles. The topological polar surface area (TPSA) is 123 Å². The van der Waals surface area contributed by atoms with Crippen molar-refractivity contribution < 1.29 is 0 Å². The third-order valence-corrected chi connectivity index (χ3v) is 6.56. The second-order valence-corrected chi connectivity index (χ2v) is 9.17. The van der Waals surface area contributed by atoms with Gasteiger partial charge in [0.2, 0.25) is 0 Å². The van der Waals surface area contributed by atoms with Crippen LogP contribution in [-0.4, -0.2) is 39.3 Å². The van der Waals surface area contributed by atoms with Gasteiger partial charge in [-0.2, -0.15) is 5.26 Å². The molecule has 0 spiro atoms. The van der Waals surface area contributed by atoms with Gasteiger partial charge in [-0.3, -0.25) is 14.1 Å². The molecule has 0 fully saturated rings. The summed E-state index contributed by atoms with van der Waals surface area (Å²) >= 11 is 0. The van der Waals surface area contributed by atoms with E-state index in [0.717, 1.165) is 60.3 Å². The fraction of sp³-hybridized carbons (Fsp3) is 0.286. The molecule has 0 aliphatic heterocycles. The molecule has 0 saturated carbocycles. The van der Waals surface area contributed by atoms with Gasteiger partial charge in [-0.25, -0.2) is 9.89 Å². The molecule has 1 aromatic carbocycles. The van der Waals surface area contributed by atoms with Crippen molar-refractivity contribution in [3.8, 4) is 34.5 Å². The number of nitrogens with zero attached hydrogens (tertiary/aromatic N) is 8. The van der Waals surface area contributed by atoms with E-state index >= 15 is 0 Å². The molecule has 0 bridgehead atoms. The lowest BCUT2D eigenvalue weighted by molar-refractivity contribution is 0.644. The Kier molecular flexibility index (Phi) is 7.26. The third kappa shape index (κ3) is 4.78. The largest absolute Gasteiger partial charge is 0.334 e. The summed E-state index contributed by atoms with van der Waals surface area (Å²) in [6.07, 6.45) is 9.24. The Morgan fingerprint density at radius 3 is 2.58 bits per heavy atom. The van der Waals surface area contributed by atoms with Gasteiger partial charge in [-0.15, -0.1) is 5.10 Å². The minimum absolute atomic E-state index is 0.157. The number of pyridine rings is 1. The summed E-state index contributed by atoms with van der Waals surface area (Å²) in [5.74, 6) is 1.20. The highest BCUT2D eigenvalue weighted by molar-refractivity contribution is 5.78. The van der Waals surface area contributed by atoms with E-state index in [1.807, 2.05) is 53.4 Å². The fourth-order valence-corrected chi connectivity index (χ4v) is 4.69. The molecule has 192 valence electrons. The second kappa shape index (κ2) is 11.1. The zero-order valence-electron chi connectivity index (χ0n) is 21.5. The highest BCUT2D eigenvalue weighted by Crippen LogP contribution is 2.28. The molecule has 5 rings (SSSR count). The SMILES string of the molecule is CCCCc1cn(-c2c(C#N)ccn2CCC)c(=O)n1Cc1ccc(-c2ccccc2-c2nnn[nH]2)nc1. The van der Waals surface area contributed by atoms with Gasteiger partial charge in [0.15, 0.2) is 5.82 Å². The minimum atomic E-state index is -0.157. The number of nitriles is 1. The van der Waals surface area contributed by atoms with Gasteiger partial charge < -0.3 is 4.57 Å². The van der Waals surface area contributed by atoms with Gasteiger partial charge in [0, 0.05) is 42.0 Å². The molecule has 0 aliphatic rings. The van der Waals surface area contributed by atoms with Crippen molar-refractivity contribution in [3.05, 3.63) is 88.4 Å². The van der Waals surface area contributed by atoms with E-state index in [0.29, 0.717) is 23.8 Å². The van der Waals surface area contributed by atoms with Crippen molar-refractivity contribution in [3.63, 3.8) is 0 Å². The van der Waals surface area contributed by atoms with Crippen LogP contribution in [-0.2, 0) is 19.5 Å². The summed E-state index contributed by atoms with van der Waals surface area (Å²) in [7, 11) is 0. The van der Waals surface area contributed by atoms with Crippen LogP contribution in [0.3, 0.4) is 0 Å². The lowest BCUT2D eigenvalue weighted by Crippen LogP contribution is -2.26. The number of nitrogens with one attached hydrogen (secondary N) is 1. The predicted octanol–water partition coefficient (Wildman–Crippen LogP) is 4.36. The summed E-state index contributed by atoms with van der Waals surface area (Å²) in [5, 5.41) is 23.9. The number of unbranched alkanes of at least 4 members (excludes halogenated alkanes) is 1. The number of hydrogen-bond acceptors (Lipinski definition) is 6. The number of rotatable bonds is 10. The van der Waals surface area contributed by atoms with Gasteiger partial charge in [0.1, 0.15) is 11.9 Å². The summed E-state index contributed by atoms with van der Waals surface area (Å²) in [6.45, 7) is 5.33. The molecule has 0 saturated heterocycles. The molecular formula is C28H29N9O. The van der Waals surface area contributed by atoms with Crippen LogP contribution in [0.4, 0.5) is 0 Å². The fourth-order valence-electron chi connectivity index (χ4n) is 4.69. The summed E-state index contributed by atoms with van der Waals surface area (Å²) < 4.78 is 5.40. The van der Waals surface area contributed by atoms with Crippen LogP contribution < -0.4 is 5.69 Å². The number of benzene rings is 1. The quantitative estimate of drug-likeness (QED) is 0.300. The van der Waals surface area contributed by atoms with Crippen molar-refractivity contribution >= 4 is 0 Å². The van der Waals surface area contributed by atoms with Gasteiger partial charge in [-0.05, 0) is 47.4 Å². The number of H-pyrrole nitrogens is 1. The maximum Gasteiger partial charge on any atom is 0.334 e. The zero-order valence-corrected chi connectivity index (χ0v) is 21.5. The van der Waals surface area contributed by atoms with Gasteiger partial charge in [-0.1, -0.05) is 50.6 Å². The Morgan fingerprint density at radius 2 is 1.89 bits per heavy atom. The maximum atomic E-state index is 13.7. The third-order valence-electron chi connectivity index (χ3n) is 6.56. The van der Waals surface area contributed by atoms with Crippen LogP contribution in [0.25, 0.3) is 28.5 Å². The monoisotopic (exact) mass is 507 g/mol. The minimum Gasteiger partial charge on any atom is -0.333 e. The van der Waals surface area contributed by atoms with Crippen LogP contribution in [0.2, 0.25) is 0 Å². The number of tetrazole rings is 1. The average molecular weight is 508 g/mol. The van der Waals surface area contributed by atoms with Crippen LogP contribution >= 0.6 is 0 Å².